The lowest BCUT2D eigenvalue weighted by Gasteiger charge is -2.34. The lowest BCUT2D eigenvalue weighted by atomic mass is 10.0. The largest absolute Gasteiger partial charge is 0.493 e. The van der Waals surface area contributed by atoms with E-state index in [1.165, 1.54) is 0 Å². The second-order valence-corrected chi connectivity index (χ2v) is 8.36. The minimum Gasteiger partial charge on any atom is -0.493 e. The van der Waals surface area contributed by atoms with Crippen LogP contribution in [0.15, 0.2) is 16.7 Å². The molecule has 2 aliphatic rings. The molecule has 0 spiro atoms. The van der Waals surface area contributed by atoms with E-state index in [0.29, 0.717) is 25.4 Å². The predicted octanol–water partition coefficient (Wildman–Crippen LogP) is 4.17. The van der Waals surface area contributed by atoms with Crippen LogP contribution in [0.1, 0.15) is 62.7 Å². The third kappa shape index (κ3) is 4.47. The first kappa shape index (κ1) is 21.1. The molecule has 2 atom stereocenters. The van der Waals surface area contributed by atoms with Gasteiger partial charge in [0.05, 0.1) is 23.7 Å². The van der Waals surface area contributed by atoms with Gasteiger partial charge in [-0.25, -0.2) is 0 Å². The first-order valence-electron chi connectivity index (χ1n) is 11.1. The summed E-state index contributed by atoms with van der Waals surface area (Å²) < 4.78 is 22.6. The topological polar surface area (TPSA) is 74.0 Å². The van der Waals surface area contributed by atoms with Crippen LogP contribution in [0.25, 0.3) is 11.0 Å². The third-order valence-corrected chi connectivity index (χ3v) is 6.03. The number of hydrogen-bond donors (Lipinski definition) is 0. The first-order chi connectivity index (χ1) is 14.6. The summed E-state index contributed by atoms with van der Waals surface area (Å²) in [5.74, 6) is 0.863. The smallest absolute Gasteiger partial charge is 0.252 e. The predicted molar refractivity (Wildman–Crippen MR) is 113 cm³/mol. The summed E-state index contributed by atoms with van der Waals surface area (Å²) in [4.78, 5) is 15.3. The fourth-order valence-electron chi connectivity index (χ4n) is 4.24. The number of carbonyl (C=O) groups excluding carboxylic acids is 1. The van der Waals surface area contributed by atoms with E-state index in [0.717, 1.165) is 60.9 Å². The Bertz CT molecular complexity index is 870. The summed E-state index contributed by atoms with van der Waals surface area (Å²) >= 11 is 0. The molecule has 164 valence electrons. The number of aromatic nitrogens is 1. The Kier molecular flexibility index (Phi) is 6.58. The van der Waals surface area contributed by atoms with Gasteiger partial charge in [-0.05, 0) is 63.6 Å². The van der Waals surface area contributed by atoms with Crippen LogP contribution in [0.4, 0.5) is 0 Å². The molecule has 1 saturated carbocycles. The Balaban J connectivity index is 1.60. The fourth-order valence-corrected chi connectivity index (χ4v) is 4.24. The van der Waals surface area contributed by atoms with E-state index in [1.54, 1.807) is 7.11 Å². The number of amides is 1. The van der Waals surface area contributed by atoms with Gasteiger partial charge in [-0.1, -0.05) is 5.16 Å². The molecule has 1 aliphatic heterocycles. The number of methoxy groups -OCH3 is 1. The van der Waals surface area contributed by atoms with Gasteiger partial charge in [-0.3, -0.25) is 4.79 Å². The van der Waals surface area contributed by atoms with Crippen molar-refractivity contribution in [2.45, 2.75) is 70.6 Å². The average Bonchev–Trinajstić information content (AvgIpc) is 3.53. The van der Waals surface area contributed by atoms with E-state index in [2.05, 4.69) is 12.1 Å². The van der Waals surface area contributed by atoms with E-state index in [4.69, 9.17) is 18.7 Å². The Labute approximate surface area is 177 Å². The fraction of sp³-hybridized carbons (Fsp3) is 0.652. The number of nitrogens with zero attached hydrogens (tertiary/aromatic N) is 2. The number of hydrogen-bond acceptors (Lipinski definition) is 6. The Morgan fingerprint density at radius 3 is 2.80 bits per heavy atom. The summed E-state index contributed by atoms with van der Waals surface area (Å²) in [7, 11) is 1.68. The van der Waals surface area contributed by atoms with Crippen LogP contribution in [0.3, 0.4) is 0 Å². The van der Waals surface area contributed by atoms with Crippen molar-refractivity contribution in [3.05, 3.63) is 23.4 Å². The molecular formula is C23H32N2O5. The van der Waals surface area contributed by atoms with Crippen molar-refractivity contribution in [1.82, 2.24) is 10.1 Å². The summed E-state index contributed by atoms with van der Waals surface area (Å²) in [6.07, 6.45) is 5.47. The molecule has 0 bridgehead atoms. The van der Waals surface area contributed by atoms with Gasteiger partial charge in [-0.2, -0.15) is 0 Å². The molecule has 7 nitrogen and oxygen atoms in total. The van der Waals surface area contributed by atoms with Crippen molar-refractivity contribution in [3.63, 3.8) is 0 Å². The number of rotatable bonds is 9. The van der Waals surface area contributed by atoms with Crippen molar-refractivity contribution < 1.29 is 23.5 Å². The summed E-state index contributed by atoms with van der Waals surface area (Å²) in [6.45, 7) is 5.86. The van der Waals surface area contributed by atoms with Crippen LogP contribution >= 0.6 is 0 Å². The highest BCUT2D eigenvalue weighted by molar-refractivity contribution is 5.87. The van der Waals surface area contributed by atoms with Crippen LogP contribution in [0.2, 0.25) is 0 Å². The molecule has 2 aromatic rings. The van der Waals surface area contributed by atoms with Gasteiger partial charge < -0.3 is 23.6 Å². The van der Waals surface area contributed by atoms with Gasteiger partial charge in [0.15, 0.2) is 5.58 Å². The maximum absolute atomic E-state index is 13.3. The first-order valence-corrected chi connectivity index (χ1v) is 11.1. The van der Waals surface area contributed by atoms with E-state index >= 15 is 0 Å². The van der Waals surface area contributed by atoms with E-state index in [9.17, 15) is 4.79 Å². The molecule has 30 heavy (non-hydrogen) atoms. The summed E-state index contributed by atoms with van der Waals surface area (Å²) in [5, 5.41) is 5.01. The molecular weight excluding hydrogens is 384 g/mol. The number of carbonyl (C=O) groups is 1. The van der Waals surface area contributed by atoms with Crippen molar-refractivity contribution in [2.24, 2.45) is 0 Å². The minimum absolute atomic E-state index is 0.0911. The van der Waals surface area contributed by atoms with Crippen molar-refractivity contribution in [3.8, 4) is 5.75 Å². The highest BCUT2D eigenvalue weighted by Crippen LogP contribution is 2.39. The Morgan fingerprint density at radius 2 is 2.10 bits per heavy atom. The zero-order valence-corrected chi connectivity index (χ0v) is 18.2. The molecule has 1 saturated heterocycles. The molecule has 1 aromatic heterocycles. The number of benzene rings is 1. The van der Waals surface area contributed by atoms with Gasteiger partial charge in [0.2, 0.25) is 0 Å². The van der Waals surface area contributed by atoms with Crippen LogP contribution in [0, 0.1) is 6.92 Å². The average molecular weight is 417 g/mol. The zero-order chi connectivity index (χ0) is 21.1. The summed E-state index contributed by atoms with van der Waals surface area (Å²) in [5.41, 5.74) is 2.49. The molecule has 1 aromatic carbocycles. The van der Waals surface area contributed by atoms with Crippen molar-refractivity contribution in [2.75, 3.05) is 26.9 Å². The van der Waals surface area contributed by atoms with Gasteiger partial charge in [0.1, 0.15) is 11.9 Å². The lowest BCUT2D eigenvalue weighted by molar-refractivity contribution is -0.149. The molecule has 1 aliphatic carbocycles. The van der Waals surface area contributed by atoms with Gasteiger partial charge >= 0.3 is 0 Å². The Morgan fingerprint density at radius 1 is 1.27 bits per heavy atom. The molecule has 4 rings (SSSR count). The quantitative estimate of drug-likeness (QED) is 0.571. The monoisotopic (exact) mass is 416 g/mol. The van der Waals surface area contributed by atoms with Crippen molar-refractivity contribution in [1.29, 1.82) is 0 Å². The lowest BCUT2D eigenvalue weighted by Crippen LogP contribution is -2.44. The van der Waals surface area contributed by atoms with E-state index < -0.39 is 0 Å². The number of fused-ring (bicyclic) bond motifs is 1. The van der Waals surface area contributed by atoms with Crippen LogP contribution in [-0.2, 0) is 14.3 Å². The third-order valence-electron chi connectivity index (χ3n) is 6.03. The second kappa shape index (κ2) is 9.35. The van der Waals surface area contributed by atoms with Gasteiger partial charge in [0.25, 0.3) is 5.91 Å². The SMILES string of the molecule is COCCCOc1cc([C@@H](C)N(C(=O)[C@H]2CCCCO2)C2CC2)cc2onc(C)c12. The van der Waals surface area contributed by atoms with E-state index in [1.807, 2.05) is 24.0 Å². The molecule has 2 fully saturated rings. The molecule has 7 heteroatoms. The van der Waals surface area contributed by atoms with Gasteiger partial charge in [0, 0.05) is 32.8 Å². The standard InChI is InChI=1S/C23H32N2O5/c1-15-22-20(29-12-6-10-27-3)13-17(14-21(22)30-24-15)16(2)25(18-8-9-18)23(26)19-7-4-5-11-28-19/h13-14,16,18-19H,4-12H2,1-3H3/t16-,19-/m1/s1. The van der Waals surface area contributed by atoms with Gasteiger partial charge in [-0.15, -0.1) is 0 Å². The van der Waals surface area contributed by atoms with Crippen LogP contribution in [-0.4, -0.2) is 55.0 Å². The molecule has 0 unspecified atom stereocenters. The normalized spacial score (nSPS) is 20.3. The number of aryl methyl sites for hydroxylation is 1. The Hall–Kier alpha value is -2.12. The van der Waals surface area contributed by atoms with Crippen LogP contribution < -0.4 is 4.74 Å². The minimum atomic E-state index is -0.317. The molecule has 0 radical (unpaired) electrons. The second-order valence-electron chi connectivity index (χ2n) is 8.36. The maximum Gasteiger partial charge on any atom is 0.252 e. The summed E-state index contributed by atoms with van der Waals surface area (Å²) in [6, 6.07) is 4.23. The van der Waals surface area contributed by atoms with Crippen molar-refractivity contribution >= 4 is 16.9 Å². The number of ether oxygens (including phenoxy) is 3. The molecule has 1 amide bonds. The highest BCUT2D eigenvalue weighted by Gasteiger charge is 2.40. The van der Waals surface area contributed by atoms with E-state index in [-0.39, 0.29) is 24.1 Å². The van der Waals surface area contributed by atoms with Crippen LogP contribution in [0.5, 0.6) is 5.75 Å². The molecule has 0 N–H and O–H groups in total. The zero-order valence-electron chi connectivity index (χ0n) is 18.2. The molecule has 2 heterocycles. The highest BCUT2D eigenvalue weighted by atomic mass is 16.5. The maximum atomic E-state index is 13.3.